The number of alkyl carbamates (subject to hydrolysis) is 1. The Labute approximate surface area is 166 Å². The zero-order valence-corrected chi connectivity index (χ0v) is 19.6. The van der Waals surface area contributed by atoms with Gasteiger partial charge in [0, 0.05) is 18.6 Å². The minimum absolute atomic E-state index is 0.145. The third-order valence-corrected chi connectivity index (χ3v) is 11.3. The van der Waals surface area contributed by atoms with Crippen molar-refractivity contribution in [2.75, 3.05) is 6.61 Å². The highest BCUT2D eigenvalue weighted by Gasteiger charge is 2.49. The van der Waals surface area contributed by atoms with Crippen LogP contribution in [0, 0.1) is 17.8 Å². The van der Waals surface area contributed by atoms with E-state index < -0.39 is 13.9 Å². The standard InChI is InChI=1S/C21H41NO4Si/c1-20(2,3)25-19(24)22-15-9-10-16-14(11-15)12-18(17(16)13-23)26-27(7,8)21(4,5)6/h14-18,23H,9-13H2,1-8H3,(H,22,24)/t14-,15?,16+,17-,18+/m0/s1. The van der Waals surface area contributed by atoms with Gasteiger partial charge in [0.15, 0.2) is 8.32 Å². The number of ether oxygens (including phenoxy) is 1. The third-order valence-electron chi connectivity index (χ3n) is 6.79. The minimum Gasteiger partial charge on any atom is -0.444 e. The molecule has 0 radical (unpaired) electrons. The predicted octanol–water partition coefficient (Wildman–Crippen LogP) is 4.70. The van der Waals surface area contributed by atoms with Gasteiger partial charge in [-0.2, -0.15) is 0 Å². The van der Waals surface area contributed by atoms with Gasteiger partial charge in [0.2, 0.25) is 0 Å². The second-order valence-electron chi connectivity index (χ2n) is 11.1. The third kappa shape index (κ3) is 5.70. The Morgan fingerprint density at radius 2 is 1.74 bits per heavy atom. The monoisotopic (exact) mass is 399 g/mol. The van der Waals surface area contributed by atoms with Gasteiger partial charge in [0.05, 0.1) is 6.10 Å². The second kappa shape index (κ2) is 8.03. The molecular formula is C21H41NO4Si. The Morgan fingerprint density at radius 1 is 1.11 bits per heavy atom. The first-order chi connectivity index (χ1) is 12.2. The molecule has 0 aliphatic heterocycles. The van der Waals surface area contributed by atoms with Crippen molar-refractivity contribution in [2.45, 2.75) is 103 Å². The van der Waals surface area contributed by atoms with Gasteiger partial charge in [0.25, 0.3) is 0 Å². The lowest BCUT2D eigenvalue weighted by Gasteiger charge is -2.40. The van der Waals surface area contributed by atoms with E-state index in [0.29, 0.717) is 11.8 Å². The van der Waals surface area contributed by atoms with Crippen LogP contribution in [0.15, 0.2) is 0 Å². The van der Waals surface area contributed by atoms with Gasteiger partial charge < -0.3 is 19.6 Å². The quantitative estimate of drug-likeness (QED) is 0.673. The number of nitrogens with one attached hydrogen (secondary N) is 1. The average Bonchev–Trinajstić information content (AvgIpc) is 2.79. The van der Waals surface area contributed by atoms with E-state index in [1.807, 2.05) is 20.8 Å². The molecule has 0 aromatic rings. The normalized spacial score (nSPS) is 32.1. The van der Waals surface area contributed by atoms with E-state index in [1.165, 1.54) is 0 Å². The van der Waals surface area contributed by atoms with Gasteiger partial charge in [-0.25, -0.2) is 4.79 Å². The maximum Gasteiger partial charge on any atom is 0.407 e. The Kier molecular flexibility index (Phi) is 6.75. The molecule has 2 fully saturated rings. The lowest BCUT2D eigenvalue weighted by atomic mass is 9.76. The number of amides is 1. The van der Waals surface area contributed by atoms with Crippen molar-refractivity contribution in [2.24, 2.45) is 17.8 Å². The SMILES string of the molecule is CC(C)(C)OC(=O)NC1CC[C@@H]2[C@@H](C1)C[C@@H](O[Si](C)(C)C(C)(C)C)[C@H]2CO. The zero-order chi connectivity index (χ0) is 20.6. The van der Waals surface area contributed by atoms with Crippen LogP contribution in [-0.2, 0) is 9.16 Å². The summed E-state index contributed by atoms with van der Waals surface area (Å²) < 4.78 is 12.1. The fourth-order valence-corrected chi connectivity index (χ4v) is 5.80. The highest BCUT2D eigenvalue weighted by molar-refractivity contribution is 6.74. The molecule has 2 aliphatic carbocycles. The summed E-state index contributed by atoms with van der Waals surface area (Å²) in [5, 5.41) is 13.3. The first-order valence-electron chi connectivity index (χ1n) is 10.5. The summed E-state index contributed by atoms with van der Waals surface area (Å²) in [7, 11) is -1.86. The van der Waals surface area contributed by atoms with Crippen LogP contribution in [0.2, 0.25) is 18.1 Å². The predicted molar refractivity (Wildman–Crippen MR) is 111 cm³/mol. The van der Waals surface area contributed by atoms with Crippen LogP contribution in [0.4, 0.5) is 4.79 Å². The Morgan fingerprint density at radius 3 is 2.26 bits per heavy atom. The molecule has 6 heteroatoms. The van der Waals surface area contributed by atoms with Crippen LogP contribution < -0.4 is 5.32 Å². The molecule has 2 rings (SSSR count). The molecule has 0 aromatic carbocycles. The largest absolute Gasteiger partial charge is 0.444 e. The van der Waals surface area contributed by atoms with E-state index in [4.69, 9.17) is 9.16 Å². The summed E-state index contributed by atoms with van der Waals surface area (Å²) >= 11 is 0. The van der Waals surface area contributed by atoms with E-state index >= 15 is 0 Å². The molecule has 0 heterocycles. The van der Waals surface area contributed by atoms with Crippen molar-refractivity contribution in [3.63, 3.8) is 0 Å². The average molecular weight is 400 g/mol. The summed E-state index contributed by atoms with van der Waals surface area (Å²) in [6.07, 6.45) is 3.76. The fourth-order valence-electron chi connectivity index (χ4n) is 4.42. The highest BCUT2D eigenvalue weighted by atomic mass is 28.4. The molecule has 0 aromatic heterocycles. The van der Waals surface area contributed by atoms with Crippen LogP contribution in [-0.4, -0.2) is 43.9 Å². The number of aliphatic hydroxyl groups is 1. The number of fused-ring (bicyclic) bond motifs is 1. The summed E-state index contributed by atoms with van der Waals surface area (Å²) in [5.74, 6) is 1.23. The number of carbonyl (C=O) groups excluding carboxylic acids is 1. The Balaban J connectivity index is 1.99. The lowest BCUT2D eigenvalue weighted by Crippen LogP contribution is -2.45. The Hall–Kier alpha value is -0.593. The Bertz CT molecular complexity index is 523. The summed E-state index contributed by atoms with van der Waals surface area (Å²) in [4.78, 5) is 12.1. The summed E-state index contributed by atoms with van der Waals surface area (Å²) in [5.41, 5.74) is -0.473. The maximum absolute atomic E-state index is 12.1. The van der Waals surface area contributed by atoms with Crippen molar-refractivity contribution < 1.29 is 19.1 Å². The molecule has 2 aliphatic rings. The van der Waals surface area contributed by atoms with Gasteiger partial charge in [-0.1, -0.05) is 20.8 Å². The molecule has 27 heavy (non-hydrogen) atoms. The van der Waals surface area contributed by atoms with Crippen LogP contribution in [0.5, 0.6) is 0 Å². The van der Waals surface area contributed by atoms with E-state index in [2.05, 4.69) is 39.2 Å². The van der Waals surface area contributed by atoms with Crippen LogP contribution >= 0.6 is 0 Å². The van der Waals surface area contributed by atoms with Crippen molar-refractivity contribution >= 4 is 14.4 Å². The molecule has 1 amide bonds. The summed E-state index contributed by atoms with van der Waals surface area (Å²) in [6, 6.07) is 0.159. The van der Waals surface area contributed by atoms with E-state index in [0.717, 1.165) is 25.7 Å². The number of hydrogen-bond donors (Lipinski definition) is 2. The number of aliphatic hydroxyl groups excluding tert-OH is 1. The molecule has 5 atom stereocenters. The highest BCUT2D eigenvalue weighted by Crippen LogP contribution is 2.49. The molecule has 158 valence electrons. The second-order valence-corrected chi connectivity index (χ2v) is 15.8. The molecule has 2 N–H and O–H groups in total. The van der Waals surface area contributed by atoms with Crippen molar-refractivity contribution in [1.82, 2.24) is 5.32 Å². The van der Waals surface area contributed by atoms with Crippen molar-refractivity contribution in [3.8, 4) is 0 Å². The number of carbonyl (C=O) groups is 1. The van der Waals surface area contributed by atoms with Gasteiger partial charge in [-0.15, -0.1) is 0 Å². The van der Waals surface area contributed by atoms with Crippen molar-refractivity contribution in [3.05, 3.63) is 0 Å². The fraction of sp³-hybridized carbons (Fsp3) is 0.952. The first-order valence-corrected chi connectivity index (χ1v) is 13.4. The smallest absolute Gasteiger partial charge is 0.407 e. The lowest BCUT2D eigenvalue weighted by molar-refractivity contribution is 0.0453. The van der Waals surface area contributed by atoms with E-state index in [1.54, 1.807) is 0 Å². The van der Waals surface area contributed by atoms with Crippen LogP contribution in [0.3, 0.4) is 0 Å². The topological polar surface area (TPSA) is 67.8 Å². The van der Waals surface area contributed by atoms with Crippen molar-refractivity contribution in [1.29, 1.82) is 0 Å². The number of rotatable bonds is 4. The molecule has 0 bridgehead atoms. The van der Waals surface area contributed by atoms with Gasteiger partial charge in [-0.05, 0) is 76.4 Å². The summed E-state index contributed by atoms with van der Waals surface area (Å²) in [6.45, 7) is 17.2. The molecule has 0 saturated heterocycles. The molecule has 1 unspecified atom stereocenters. The van der Waals surface area contributed by atoms with E-state index in [-0.39, 0.29) is 35.8 Å². The van der Waals surface area contributed by atoms with Gasteiger partial charge in [-0.3, -0.25) is 0 Å². The van der Waals surface area contributed by atoms with Crippen LogP contribution in [0.1, 0.15) is 67.2 Å². The molecular weight excluding hydrogens is 358 g/mol. The first kappa shape index (κ1) is 22.7. The van der Waals surface area contributed by atoms with E-state index in [9.17, 15) is 9.90 Å². The minimum atomic E-state index is -1.86. The van der Waals surface area contributed by atoms with Gasteiger partial charge in [0.1, 0.15) is 5.60 Å². The van der Waals surface area contributed by atoms with Crippen LogP contribution in [0.25, 0.3) is 0 Å². The number of hydrogen-bond acceptors (Lipinski definition) is 4. The molecule has 0 spiro atoms. The van der Waals surface area contributed by atoms with Gasteiger partial charge >= 0.3 is 6.09 Å². The zero-order valence-electron chi connectivity index (χ0n) is 18.6. The molecule has 2 saturated carbocycles. The molecule has 5 nitrogen and oxygen atoms in total. The maximum atomic E-state index is 12.1.